The van der Waals surface area contributed by atoms with E-state index in [2.05, 4.69) is 0 Å². The number of methoxy groups -OCH3 is 1. The first-order valence-electron chi connectivity index (χ1n) is 6.94. The number of aliphatic hydroxyl groups excluding tert-OH is 1. The molecule has 1 heterocycles. The molecule has 114 valence electrons. The van der Waals surface area contributed by atoms with Gasteiger partial charge in [-0.25, -0.2) is 4.79 Å². The second kappa shape index (κ2) is 6.17. The van der Waals surface area contributed by atoms with E-state index in [9.17, 15) is 9.90 Å². The van der Waals surface area contributed by atoms with E-state index in [4.69, 9.17) is 13.9 Å². The maximum Gasteiger partial charge on any atom is 0.344 e. The summed E-state index contributed by atoms with van der Waals surface area (Å²) in [5, 5.41) is 11.8. The zero-order valence-corrected chi connectivity index (χ0v) is 12.1. The molecule has 5 nitrogen and oxygen atoms in total. The van der Waals surface area contributed by atoms with Crippen LogP contribution in [-0.4, -0.2) is 31.5 Å². The SMILES string of the molecule is COCC(O)COc1ccc2c(c1)oc(=O)c1ccccc12. The molecule has 3 aromatic rings. The van der Waals surface area contributed by atoms with Crippen LogP contribution in [0.4, 0.5) is 0 Å². The van der Waals surface area contributed by atoms with Gasteiger partial charge in [0, 0.05) is 18.6 Å². The summed E-state index contributed by atoms with van der Waals surface area (Å²) in [5.74, 6) is 0.529. The van der Waals surface area contributed by atoms with Crippen molar-refractivity contribution in [1.29, 1.82) is 0 Å². The molecule has 5 heteroatoms. The highest BCUT2D eigenvalue weighted by Gasteiger charge is 2.09. The molecule has 0 bridgehead atoms. The van der Waals surface area contributed by atoms with Gasteiger partial charge in [-0.05, 0) is 23.6 Å². The van der Waals surface area contributed by atoms with Crippen LogP contribution in [0.15, 0.2) is 51.7 Å². The molecule has 0 fully saturated rings. The lowest BCUT2D eigenvalue weighted by molar-refractivity contribution is 0.0325. The fourth-order valence-electron chi connectivity index (χ4n) is 2.38. The third-order valence-electron chi connectivity index (χ3n) is 3.39. The van der Waals surface area contributed by atoms with Crippen molar-refractivity contribution in [2.45, 2.75) is 6.10 Å². The molecule has 3 rings (SSSR count). The minimum atomic E-state index is -0.704. The van der Waals surface area contributed by atoms with Gasteiger partial charge < -0.3 is 19.0 Å². The second-order valence-electron chi connectivity index (χ2n) is 5.01. The Morgan fingerprint density at radius 3 is 2.64 bits per heavy atom. The van der Waals surface area contributed by atoms with Crippen LogP contribution in [-0.2, 0) is 4.74 Å². The summed E-state index contributed by atoms with van der Waals surface area (Å²) in [6.07, 6.45) is -0.704. The maximum atomic E-state index is 12.0. The van der Waals surface area contributed by atoms with E-state index in [1.807, 2.05) is 18.2 Å². The van der Waals surface area contributed by atoms with Gasteiger partial charge in [0.15, 0.2) is 0 Å². The normalized spacial score (nSPS) is 12.6. The van der Waals surface area contributed by atoms with Crippen LogP contribution in [0.25, 0.3) is 21.7 Å². The van der Waals surface area contributed by atoms with Crippen molar-refractivity contribution in [3.63, 3.8) is 0 Å². The fourth-order valence-corrected chi connectivity index (χ4v) is 2.38. The monoisotopic (exact) mass is 300 g/mol. The van der Waals surface area contributed by atoms with Crippen molar-refractivity contribution in [1.82, 2.24) is 0 Å². The molecular formula is C17H16O5. The molecule has 1 aromatic heterocycles. The molecule has 1 unspecified atom stereocenters. The number of fused-ring (bicyclic) bond motifs is 3. The minimum absolute atomic E-state index is 0.108. The molecular weight excluding hydrogens is 284 g/mol. The number of aliphatic hydroxyl groups is 1. The van der Waals surface area contributed by atoms with Crippen LogP contribution in [0.3, 0.4) is 0 Å². The Morgan fingerprint density at radius 1 is 1.09 bits per heavy atom. The van der Waals surface area contributed by atoms with Crippen LogP contribution < -0.4 is 10.4 Å². The Morgan fingerprint density at radius 2 is 1.86 bits per heavy atom. The largest absolute Gasteiger partial charge is 0.491 e. The first-order chi connectivity index (χ1) is 10.7. The number of hydrogen-bond acceptors (Lipinski definition) is 5. The number of hydrogen-bond donors (Lipinski definition) is 1. The Labute approximate surface area is 126 Å². The van der Waals surface area contributed by atoms with E-state index in [-0.39, 0.29) is 18.8 Å². The lowest BCUT2D eigenvalue weighted by atomic mass is 10.1. The van der Waals surface area contributed by atoms with Crippen LogP contribution in [0.2, 0.25) is 0 Å². The summed E-state index contributed by atoms with van der Waals surface area (Å²) < 4.78 is 15.7. The average molecular weight is 300 g/mol. The summed E-state index contributed by atoms with van der Waals surface area (Å²) in [7, 11) is 1.51. The van der Waals surface area contributed by atoms with Gasteiger partial charge in [-0.2, -0.15) is 0 Å². The highest BCUT2D eigenvalue weighted by atomic mass is 16.5. The molecule has 0 aliphatic heterocycles. The van der Waals surface area contributed by atoms with Crippen molar-refractivity contribution in [2.24, 2.45) is 0 Å². The van der Waals surface area contributed by atoms with Crippen LogP contribution in [0, 0.1) is 0 Å². The highest BCUT2D eigenvalue weighted by molar-refractivity contribution is 6.04. The average Bonchev–Trinajstić information content (AvgIpc) is 2.53. The Balaban J connectivity index is 1.97. The van der Waals surface area contributed by atoms with Crippen molar-refractivity contribution >= 4 is 21.7 Å². The zero-order valence-electron chi connectivity index (χ0n) is 12.1. The van der Waals surface area contributed by atoms with Gasteiger partial charge >= 0.3 is 5.63 Å². The predicted octanol–water partition coefficient (Wildman–Crippen LogP) is 2.33. The zero-order chi connectivity index (χ0) is 15.5. The van der Waals surface area contributed by atoms with Crippen molar-refractivity contribution in [2.75, 3.05) is 20.3 Å². The minimum Gasteiger partial charge on any atom is -0.491 e. The van der Waals surface area contributed by atoms with Gasteiger partial charge in [0.1, 0.15) is 24.0 Å². The van der Waals surface area contributed by atoms with E-state index in [1.54, 1.807) is 24.3 Å². The standard InChI is InChI=1S/C17H16O5/c1-20-9-11(18)10-21-12-6-7-14-13-4-2-3-5-15(13)17(19)22-16(14)8-12/h2-8,11,18H,9-10H2,1H3. The first kappa shape index (κ1) is 14.6. The third kappa shape index (κ3) is 2.81. The number of rotatable bonds is 5. The summed E-state index contributed by atoms with van der Waals surface area (Å²) in [6.45, 7) is 0.310. The molecule has 22 heavy (non-hydrogen) atoms. The molecule has 1 N–H and O–H groups in total. The smallest absolute Gasteiger partial charge is 0.344 e. The Kier molecular flexibility index (Phi) is 4.09. The van der Waals surface area contributed by atoms with E-state index in [0.717, 1.165) is 10.8 Å². The van der Waals surface area contributed by atoms with Gasteiger partial charge in [0.05, 0.1) is 12.0 Å². The van der Waals surface area contributed by atoms with Crippen LogP contribution in [0.5, 0.6) is 5.75 Å². The van der Waals surface area contributed by atoms with Crippen molar-refractivity contribution in [3.8, 4) is 5.75 Å². The second-order valence-corrected chi connectivity index (χ2v) is 5.01. The highest BCUT2D eigenvalue weighted by Crippen LogP contribution is 2.26. The molecule has 0 aliphatic carbocycles. The fraction of sp³-hybridized carbons (Fsp3) is 0.235. The molecule has 0 amide bonds. The lowest BCUT2D eigenvalue weighted by Crippen LogP contribution is -2.22. The number of benzene rings is 2. The summed E-state index contributed by atoms with van der Waals surface area (Å²) in [5.41, 5.74) is 0.0853. The Hall–Kier alpha value is -2.37. The van der Waals surface area contributed by atoms with Crippen molar-refractivity contribution in [3.05, 3.63) is 52.9 Å². The van der Waals surface area contributed by atoms with Gasteiger partial charge in [-0.3, -0.25) is 0 Å². The summed E-state index contributed by atoms with van der Waals surface area (Å²) in [6, 6.07) is 12.6. The predicted molar refractivity (Wildman–Crippen MR) is 83.4 cm³/mol. The van der Waals surface area contributed by atoms with Crippen LogP contribution >= 0.6 is 0 Å². The topological polar surface area (TPSA) is 68.9 Å². The summed E-state index contributed by atoms with van der Waals surface area (Å²) in [4.78, 5) is 12.0. The molecule has 0 spiro atoms. The molecule has 0 aliphatic rings. The summed E-state index contributed by atoms with van der Waals surface area (Å²) >= 11 is 0. The molecule has 1 atom stereocenters. The molecule has 0 radical (unpaired) electrons. The molecule has 2 aromatic carbocycles. The van der Waals surface area contributed by atoms with E-state index < -0.39 is 6.10 Å². The first-order valence-corrected chi connectivity index (χ1v) is 6.94. The van der Waals surface area contributed by atoms with E-state index >= 15 is 0 Å². The Bertz CT molecular complexity index is 852. The van der Waals surface area contributed by atoms with Gasteiger partial charge in [0.25, 0.3) is 0 Å². The van der Waals surface area contributed by atoms with E-state index in [1.165, 1.54) is 7.11 Å². The lowest BCUT2D eigenvalue weighted by Gasteiger charge is -2.11. The van der Waals surface area contributed by atoms with Gasteiger partial charge in [-0.1, -0.05) is 18.2 Å². The van der Waals surface area contributed by atoms with E-state index in [0.29, 0.717) is 16.7 Å². The van der Waals surface area contributed by atoms with Gasteiger partial charge in [-0.15, -0.1) is 0 Å². The molecule has 0 saturated carbocycles. The van der Waals surface area contributed by atoms with Crippen molar-refractivity contribution < 1.29 is 19.0 Å². The van der Waals surface area contributed by atoms with Gasteiger partial charge in [0.2, 0.25) is 0 Å². The third-order valence-corrected chi connectivity index (χ3v) is 3.39. The number of ether oxygens (including phenoxy) is 2. The maximum absolute atomic E-state index is 12.0. The molecule has 0 saturated heterocycles. The van der Waals surface area contributed by atoms with Crippen LogP contribution in [0.1, 0.15) is 0 Å². The quantitative estimate of drug-likeness (QED) is 0.578.